The SMILES string of the molecule is CCCCCCOC(=O)NC1c2ccccc2Oc2ccccc21. The van der Waals surface area contributed by atoms with Gasteiger partial charge in [0, 0.05) is 11.1 Å². The van der Waals surface area contributed by atoms with Gasteiger partial charge >= 0.3 is 6.09 Å². The van der Waals surface area contributed by atoms with Crippen molar-refractivity contribution in [2.24, 2.45) is 0 Å². The summed E-state index contributed by atoms with van der Waals surface area (Å²) >= 11 is 0. The predicted molar refractivity (Wildman–Crippen MR) is 93.4 cm³/mol. The number of alkyl carbamates (subject to hydrolysis) is 1. The van der Waals surface area contributed by atoms with Gasteiger partial charge in [-0.05, 0) is 18.6 Å². The summed E-state index contributed by atoms with van der Waals surface area (Å²) in [6, 6.07) is 15.3. The van der Waals surface area contributed by atoms with Crippen LogP contribution in [0.3, 0.4) is 0 Å². The van der Waals surface area contributed by atoms with Gasteiger partial charge in [-0.2, -0.15) is 0 Å². The Morgan fingerprint density at radius 2 is 1.62 bits per heavy atom. The van der Waals surface area contributed by atoms with Gasteiger partial charge < -0.3 is 14.8 Å². The van der Waals surface area contributed by atoms with E-state index in [2.05, 4.69) is 12.2 Å². The van der Waals surface area contributed by atoms with Crippen molar-refractivity contribution in [1.29, 1.82) is 0 Å². The number of hydrogen-bond acceptors (Lipinski definition) is 3. The number of rotatable bonds is 6. The van der Waals surface area contributed by atoms with Gasteiger partial charge in [0.2, 0.25) is 0 Å². The van der Waals surface area contributed by atoms with E-state index in [4.69, 9.17) is 9.47 Å². The minimum atomic E-state index is -0.386. The lowest BCUT2D eigenvalue weighted by Gasteiger charge is -2.28. The van der Waals surface area contributed by atoms with Crippen molar-refractivity contribution in [2.75, 3.05) is 6.61 Å². The minimum Gasteiger partial charge on any atom is -0.457 e. The summed E-state index contributed by atoms with van der Waals surface area (Å²) in [6.07, 6.45) is 3.95. The van der Waals surface area contributed by atoms with Crippen molar-refractivity contribution in [2.45, 2.75) is 38.6 Å². The molecule has 0 bridgehead atoms. The molecule has 0 radical (unpaired) electrons. The standard InChI is InChI=1S/C20H23NO3/c1-2-3-4-9-14-23-20(22)21-19-15-10-5-7-12-17(15)24-18-13-8-6-11-16(18)19/h5-8,10-13,19H,2-4,9,14H2,1H3,(H,21,22). The number of fused-ring (bicyclic) bond motifs is 2. The van der Waals surface area contributed by atoms with E-state index in [0.29, 0.717) is 6.61 Å². The van der Waals surface area contributed by atoms with Crippen LogP contribution in [0.2, 0.25) is 0 Å². The quantitative estimate of drug-likeness (QED) is 0.744. The number of para-hydroxylation sites is 2. The van der Waals surface area contributed by atoms with Crippen molar-refractivity contribution in [3.8, 4) is 11.5 Å². The molecule has 2 aromatic carbocycles. The smallest absolute Gasteiger partial charge is 0.407 e. The molecule has 4 nitrogen and oxygen atoms in total. The van der Waals surface area contributed by atoms with Crippen LogP contribution in [0.15, 0.2) is 48.5 Å². The molecule has 1 amide bonds. The molecule has 0 spiro atoms. The van der Waals surface area contributed by atoms with Crippen LogP contribution in [-0.2, 0) is 4.74 Å². The number of ether oxygens (including phenoxy) is 2. The van der Waals surface area contributed by atoms with Gasteiger partial charge in [0.1, 0.15) is 11.5 Å². The molecule has 1 aliphatic heterocycles. The summed E-state index contributed by atoms with van der Waals surface area (Å²) < 4.78 is 11.3. The summed E-state index contributed by atoms with van der Waals surface area (Å²) in [4.78, 5) is 12.2. The van der Waals surface area contributed by atoms with Crippen molar-refractivity contribution < 1.29 is 14.3 Å². The summed E-state index contributed by atoms with van der Waals surface area (Å²) in [7, 11) is 0. The Balaban J connectivity index is 1.70. The van der Waals surface area contributed by atoms with Crippen LogP contribution in [0.5, 0.6) is 11.5 Å². The molecule has 0 unspecified atom stereocenters. The Kier molecular flexibility index (Phi) is 5.36. The molecule has 0 atom stereocenters. The summed E-state index contributed by atoms with van der Waals surface area (Å²) in [6.45, 7) is 2.62. The number of carbonyl (C=O) groups excluding carboxylic acids is 1. The molecule has 1 N–H and O–H groups in total. The maximum atomic E-state index is 12.2. The van der Waals surface area contributed by atoms with Crippen LogP contribution >= 0.6 is 0 Å². The molecule has 0 fully saturated rings. The van der Waals surface area contributed by atoms with Crippen LogP contribution in [-0.4, -0.2) is 12.7 Å². The molecular formula is C20H23NO3. The van der Waals surface area contributed by atoms with E-state index in [9.17, 15) is 4.79 Å². The maximum absolute atomic E-state index is 12.2. The third-order valence-corrected chi connectivity index (χ3v) is 4.17. The zero-order valence-corrected chi connectivity index (χ0v) is 14.0. The highest BCUT2D eigenvalue weighted by Crippen LogP contribution is 2.42. The summed E-state index contributed by atoms with van der Waals surface area (Å²) in [5.74, 6) is 1.54. The Labute approximate surface area is 142 Å². The average molecular weight is 325 g/mol. The van der Waals surface area contributed by atoms with E-state index in [0.717, 1.165) is 35.5 Å². The normalized spacial score (nSPS) is 12.7. The zero-order valence-electron chi connectivity index (χ0n) is 14.0. The third-order valence-electron chi connectivity index (χ3n) is 4.17. The van der Waals surface area contributed by atoms with Crippen LogP contribution in [0.25, 0.3) is 0 Å². The molecule has 1 heterocycles. The Bertz CT molecular complexity index is 653. The van der Waals surface area contributed by atoms with E-state index in [1.165, 1.54) is 12.8 Å². The van der Waals surface area contributed by atoms with E-state index in [1.807, 2.05) is 48.5 Å². The summed E-state index contributed by atoms with van der Waals surface area (Å²) in [5, 5.41) is 2.98. The fourth-order valence-corrected chi connectivity index (χ4v) is 2.92. The fraction of sp³-hybridized carbons (Fsp3) is 0.350. The second-order valence-electron chi connectivity index (χ2n) is 5.95. The number of unbranched alkanes of at least 4 members (excludes halogenated alkanes) is 3. The second-order valence-corrected chi connectivity index (χ2v) is 5.95. The highest BCUT2D eigenvalue weighted by molar-refractivity contribution is 5.70. The van der Waals surface area contributed by atoms with Crippen molar-refractivity contribution in [3.05, 3.63) is 59.7 Å². The predicted octanol–water partition coefficient (Wildman–Crippen LogP) is 5.19. The van der Waals surface area contributed by atoms with Crippen LogP contribution in [0.1, 0.15) is 49.8 Å². The monoisotopic (exact) mass is 325 g/mol. The Hall–Kier alpha value is -2.49. The first-order chi connectivity index (χ1) is 11.8. The third kappa shape index (κ3) is 3.70. The number of carbonyl (C=O) groups is 1. The molecular weight excluding hydrogens is 302 g/mol. The van der Waals surface area contributed by atoms with E-state index >= 15 is 0 Å². The van der Waals surface area contributed by atoms with Crippen molar-refractivity contribution in [3.63, 3.8) is 0 Å². The first kappa shape index (κ1) is 16.4. The van der Waals surface area contributed by atoms with Crippen LogP contribution in [0, 0.1) is 0 Å². The van der Waals surface area contributed by atoms with Gasteiger partial charge in [-0.25, -0.2) is 4.79 Å². The average Bonchev–Trinajstić information content (AvgIpc) is 2.61. The molecule has 0 saturated heterocycles. The Morgan fingerprint density at radius 1 is 1.00 bits per heavy atom. The summed E-state index contributed by atoms with van der Waals surface area (Å²) in [5.41, 5.74) is 1.89. The van der Waals surface area contributed by atoms with Gasteiger partial charge in [0.05, 0.1) is 12.6 Å². The number of amides is 1. The lowest BCUT2D eigenvalue weighted by molar-refractivity contribution is 0.141. The van der Waals surface area contributed by atoms with Gasteiger partial charge in [-0.15, -0.1) is 0 Å². The minimum absolute atomic E-state index is 0.255. The molecule has 4 heteroatoms. The molecule has 0 saturated carbocycles. The molecule has 126 valence electrons. The molecule has 1 aliphatic rings. The highest BCUT2D eigenvalue weighted by Gasteiger charge is 2.28. The molecule has 24 heavy (non-hydrogen) atoms. The van der Waals surface area contributed by atoms with Gasteiger partial charge in [-0.1, -0.05) is 62.6 Å². The lowest BCUT2D eigenvalue weighted by Crippen LogP contribution is -2.31. The van der Waals surface area contributed by atoms with Crippen LogP contribution in [0.4, 0.5) is 4.79 Å². The van der Waals surface area contributed by atoms with Gasteiger partial charge in [0.25, 0.3) is 0 Å². The first-order valence-electron chi connectivity index (χ1n) is 8.58. The van der Waals surface area contributed by atoms with Crippen molar-refractivity contribution in [1.82, 2.24) is 5.32 Å². The number of hydrogen-bond donors (Lipinski definition) is 1. The molecule has 2 aromatic rings. The fourth-order valence-electron chi connectivity index (χ4n) is 2.92. The van der Waals surface area contributed by atoms with E-state index in [1.54, 1.807) is 0 Å². The Morgan fingerprint density at radius 3 is 2.25 bits per heavy atom. The molecule has 0 aromatic heterocycles. The molecule has 3 rings (SSSR count). The maximum Gasteiger partial charge on any atom is 0.407 e. The second kappa shape index (κ2) is 7.86. The number of benzene rings is 2. The lowest BCUT2D eigenvalue weighted by atomic mass is 9.95. The van der Waals surface area contributed by atoms with Crippen molar-refractivity contribution >= 4 is 6.09 Å². The van der Waals surface area contributed by atoms with Gasteiger partial charge in [0.15, 0.2) is 0 Å². The number of nitrogens with one attached hydrogen (secondary N) is 1. The van der Waals surface area contributed by atoms with E-state index < -0.39 is 0 Å². The first-order valence-corrected chi connectivity index (χ1v) is 8.58. The molecule has 0 aliphatic carbocycles. The van der Waals surface area contributed by atoms with Gasteiger partial charge in [-0.3, -0.25) is 0 Å². The van der Waals surface area contributed by atoms with E-state index in [-0.39, 0.29) is 12.1 Å². The topological polar surface area (TPSA) is 47.6 Å². The highest BCUT2D eigenvalue weighted by atomic mass is 16.5. The largest absolute Gasteiger partial charge is 0.457 e. The zero-order chi connectivity index (χ0) is 16.8. The van der Waals surface area contributed by atoms with Crippen LogP contribution < -0.4 is 10.1 Å².